The number of carbonyl (C=O) groups is 1. The maximum atomic E-state index is 12.0. The zero-order valence-corrected chi connectivity index (χ0v) is 9.60. The van der Waals surface area contributed by atoms with Crippen LogP contribution in [0.15, 0.2) is 18.2 Å². The Bertz CT molecular complexity index is 461. The Labute approximate surface area is 99.3 Å². The molecule has 17 heavy (non-hydrogen) atoms. The van der Waals surface area contributed by atoms with Gasteiger partial charge in [-0.25, -0.2) is 0 Å². The van der Waals surface area contributed by atoms with Gasteiger partial charge in [0.25, 0.3) is 0 Å². The fourth-order valence-corrected chi connectivity index (χ4v) is 2.26. The minimum absolute atomic E-state index is 0.0691. The SMILES string of the molecule is CNC1CCN(c2ccc3c(c2)OCO3)C1=O. The highest BCUT2D eigenvalue weighted by atomic mass is 16.7. The number of amides is 1. The summed E-state index contributed by atoms with van der Waals surface area (Å²) >= 11 is 0. The number of rotatable bonds is 2. The molecule has 0 aromatic heterocycles. The first-order valence-corrected chi connectivity index (χ1v) is 5.68. The van der Waals surface area contributed by atoms with E-state index in [0.29, 0.717) is 5.75 Å². The predicted octanol–water partition coefficient (Wildman–Crippen LogP) is 0.740. The van der Waals surface area contributed by atoms with Crippen LogP contribution in [0, 0.1) is 0 Å². The first kappa shape index (κ1) is 10.4. The summed E-state index contributed by atoms with van der Waals surface area (Å²) in [4.78, 5) is 13.8. The van der Waals surface area contributed by atoms with Crippen LogP contribution in [0.1, 0.15) is 6.42 Å². The number of nitrogens with one attached hydrogen (secondary N) is 1. The van der Waals surface area contributed by atoms with Gasteiger partial charge in [-0.1, -0.05) is 0 Å². The third-order valence-corrected chi connectivity index (χ3v) is 3.22. The Morgan fingerprint density at radius 2 is 2.18 bits per heavy atom. The monoisotopic (exact) mass is 234 g/mol. The molecule has 1 atom stereocenters. The first-order chi connectivity index (χ1) is 8.29. The number of ether oxygens (including phenoxy) is 2. The van der Waals surface area contributed by atoms with Gasteiger partial charge in [-0.3, -0.25) is 4.79 Å². The third-order valence-electron chi connectivity index (χ3n) is 3.22. The lowest BCUT2D eigenvalue weighted by molar-refractivity contribution is -0.118. The Morgan fingerprint density at radius 3 is 2.94 bits per heavy atom. The highest BCUT2D eigenvalue weighted by Crippen LogP contribution is 2.36. The molecule has 1 unspecified atom stereocenters. The van der Waals surface area contributed by atoms with Crippen LogP contribution in [0.3, 0.4) is 0 Å². The molecule has 0 spiro atoms. The molecular weight excluding hydrogens is 220 g/mol. The molecule has 0 bridgehead atoms. The number of likely N-dealkylation sites (N-methyl/N-ethyl adjacent to an activating group) is 1. The standard InChI is InChI=1S/C12H14N2O3/c1-13-9-4-5-14(12(9)15)8-2-3-10-11(6-8)17-7-16-10/h2-3,6,9,13H,4-5,7H2,1H3. The van der Waals surface area contributed by atoms with E-state index in [-0.39, 0.29) is 18.7 Å². The average molecular weight is 234 g/mol. The Kier molecular flexibility index (Phi) is 2.40. The zero-order valence-electron chi connectivity index (χ0n) is 9.60. The maximum Gasteiger partial charge on any atom is 0.244 e. The second-order valence-corrected chi connectivity index (χ2v) is 4.16. The van der Waals surface area contributed by atoms with Crippen molar-refractivity contribution in [3.8, 4) is 11.5 Å². The zero-order chi connectivity index (χ0) is 11.8. The van der Waals surface area contributed by atoms with E-state index in [1.807, 2.05) is 25.2 Å². The minimum Gasteiger partial charge on any atom is -0.454 e. The van der Waals surface area contributed by atoms with Crippen molar-refractivity contribution in [1.29, 1.82) is 0 Å². The number of nitrogens with zero attached hydrogens (tertiary/aromatic N) is 1. The molecule has 1 amide bonds. The molecule has 2 aliphatic rings. The maximum absolute atomic E-state index is 12.0. The number of carbonyl (C=O) groups excluding carboxylic acids is 1. The number of hydrogen-bond acceptors (Lipinski definition) is 4. The number of hydrogen-bond donors (Lipinski definition) is 1. The Morgan fingerprint density at radius 1 is 1.35 bits per heavy atom. The van der Waals surface area contributed by atoms with Crippen molar-refractivity contribution in [1.82, 2.24) is 5.32 Å². The molecule has 1 aromatic carbocycles. The normalized spacial score (nSPS) is 22.3. The number of anilines is 1. The van der Waals surface area contributed by atoms with Crippen molar-refractivity contribution in [2.45, 2.75) is 12.5 Å². The highest BCUT2D eigenvalue weighted by Gasteiger charge is 2.31. The molecular formula is C12H14N2O3. The smallest absolute Gasteiger partial charge is 0.244 e. The van der Waals surface area contributed by atoms with Crippen molar-refractivity contribution in [3.63, 3.8) is 0 Å². The van der Waals surface area contributed by atoms with Gasteiger partial charge in [0, 0.05) is 18.3 Å². The van der Waals surface area contributed by atoms with Crippen LogP contribution >= 0.6 is 0 Å². The summed E-state index contributed by atoms with van der Waals surface area (Å²) in [6.07, 6.45) is 0.837. The van der Waals surface area contributed by atoms with Crippen LogP contribution in [0.4, 0.5) is 5.69 Å². The molecule has 0 saturated carbocycles. The summed E-state index contributed by atoms with van der Waals surface area (Å²) in [6, 6.07) is 5.53. The topological polar surface area (TPSA) is 50.8 Å². The van der Waals surface area contributed by atoms with E-state index in [9.17, 15) is 4.79 Å². The van der Waals surface area contributed by atoms with Crippen LogP contribution in [-0.4, -0.2) is 32.3 Å². The second-order valence-electron chi connectivity index (χ2n) is 4.16. The van der Waals surface area contributed by atoms with Crippen LogP contribution in [0.25, 0.3) is 0 Å². The van der Waals surface area contributed by atoms with Crippen molar-refractivity contribution < 1.29 is 14.3 Å². The molecule has 2 aliphatic heterocycles. The minimum atomic E-state index is -0.0691. The Hall–Kier alpha value is -1.75. The molecule has 5 nitrogen and oxygen atoms in total. The van der Waals surface area contributed by atoms with E-state index < -0.39 is 0 Å². The van der Waals surface area contributed by atoms with Gasteiger partial charge in [-0.15, -0.1) is 0 Å². The molecule has 0 radical (unpaired) electrons. The molecule has 3 rings (SSSR count). The lowest BCUT2D eigenvalue weighted by Crippen LogP contribution is -2.36. The first-order valence-electron chi connectivity index (χ1n) is 5.68. The van der Waals surface area contributed by atoms with Crippen LogP contribution in [0.2, 0.25) is 0 Å². The van der Waals surface area contributed by atoms with Crippen molar-refractivity contribution >= 4 is 11.6 Å². The summed E-state index contributed by atoms with van der Waals surface area (Å²) in [6.45, 7) is 0.996. The quantitative estimate of drug-likeness (QED) is 0.820. The van der Waals surface area contributed by atoms with Gasteiger partial charge >= 0.3 is 0 Å². The van der Waals surface area contributed by atoms with Gasteiger partial charge in [0.15, 0.2) is 11.5 Å². The molecule has 90 valence electrons. The molecule has 1 N–H and O–H groups in total. The number of fused-ring (bicyclic) bond motifs is 1. The summed E-state index contributed by atoms with van der Waals surface area (Å²) in [5.74, 6) is 1.57. The highest BCUT2D eigenvalue weighted by molar-refractivity contribution is 5.99. The number of benzene rings is 1. The van der Waals surface area contributed by atoms with Gasteiger partial charge in [0.05, 0.1) is 6.04 Å². The van der Waals surface area contributed by atoms with Gasteiger partial charge in [-0.05, 0) is 25.6 Å². The molecule has 2 heterocycles. The van der Waals surface area contributed by atoms with Gasteiger partial charge in [0.1, 0.15) is 0 Å². The van der Waals surface area contributed by atoms with Crippen LogP contribution in [-0.2, 0) is 4.79 Å². The fraction of sp³-hybridized carbons (Fsp3) is 0.417. The van der Waals surface area contributed by atoms with Crippen molar-refractivity contribution in [2.24, 2.45) is 0 Å². The van der Waals surface area contributed by atoms with Crippen LogP contribution < -0.4 is 19.7 Å². The van der Waals surface area contributed by atoms with Gasteiger partial charge < -0.3 is 19.7 Å². The van der Waals surface area contributed by atoms with Crippen molar-refractivity contribution in [2.75, 3.05) is 25.3 Å². The summed E-state index contributed by atoms with van der Waals surface area (Å²) in [5.41, 5.74) is 0.872. The average Bonchev–Trinajstić information content (AvgIpc) is 2.94. The van der Waals surface area contributed by atoms with Crippen molar-refractivity contribution in [3.05, 3.63) is 18.2 Å². The van der Waals surface area contributed by atoms with Crippen LogP contribution in [0.5, 0.6) is 11.5 Å². The van der Waals surface area contributed by atoms with E-state index >= 15 is 0 Å². The molecule has 1 saturated heterocycles. The second kappa shape index (κ2) is 3.92. The van der Waals surface area contributed by atoms with E-state index in [4.69, 9.17) is 9.47 Å². The van der Waals surface area contributed by atoms with E-state index in [2.05, 4.69) is 5.32 Å². The van der Waals surface area contributed by atoms with E-state index in [1.54, 1.807) is 4.90 Å². The summed E-state index contributed by atoms with van der Waals surface area (Å²) in [7, 11) is 1.81. The lowest BCUT2D eigenvalue weighted by atomic mass is 10.2. The molecule has 1 aromatic rings. The summed E-state index contributed by atoms with van der Waals surface area (Å²) < 4.78 is 10.6. The summed E-state index contributed by atoms with van der Waals surface area (Å²) in [5, 5.41) is 3.02. The third kappa shape index (κ3) is 1.63. The predicted molar refractivity (Wildman–Crippen MR) is 62.4 cm³/mol. The molecule has 1 fully saturated rings. The largest absolute Gasteiger partial charge is 0.454 e. The van der Waals surface area contributed by atoms with E-state index in [0.717, 1.165) is 24.4 Å². The fourth-order valence-electron chi connectivity index (χ4n) is 2.26. The molecule has 5 heteroatoms. The van der Waals surface area contributed by atoms with Gasteiger partial charge in [-0.2, -0.15) is 0 Å². The Balaban J connectivity index is 1.88. The molecule has 0 aliphatic carbocycles. The lowest BCUT2D eigenvalue weighted by Gasteiger charge is -2.17. The van der Waals surface area contributed by atoms with E-state index in [1.165, 1.54) is 0 Å². The van der Waals surface area contributed by atoms with Gasteiger partial charge in [0.2, 0.25) is 12.7 Å².